The Morgan fingerprint density at radius 1 is 1.29 bits per heavy atom. The van der Waals surface area contributed by atoms with Crippen LogP contribution in [0, 0.1) is 5.92 Å². The molecule has 3 unspecified atom stereocenters. The monoisotopic (exact) mass is 198 g/mol. The first kappa shape index (κ1) is 8.68. The lowest BCUT2D eigenvalue weighted by Crippen LogP contribution is -2.50. The van der Waals surface area contributed by atoms with Crippen molar-refractivity contribution in [3.63, 3.8) is 0 Å². The van der Waals surface area contributed by atoms with Crippen molar-refractivity contribution in [2.75, 3.05) is 13.2 Å². The number of carbonyl (C=O) groups is 1. The second kappa shape index (κ2) is 2.94. The summed E-state index contributed by atoms with van der Waals surface area (Å²) in [6.45, 7) is 1.21. The molecule has 4 heteroatoms. The minimum Gasteiger partial charge on any atom is -0.460 e. The molecule has 14 heavy (non-hydrogen) atoms. The Morgan fingerprint density at radius 3 is 3.00 bits per heavy atom. The molecule has 0 amide bonds. The summed E-state index contributed by atoms with van der Waals surface area (Å²) in [5, 5.41) is 0. The average Bonchev–Trinajstić information content (AvgIpc) is 2.54. The van der Waals surface area contributed by atoms with Gasteiger partial charge in [-0.1, -0.05) is 0 Å². The number of ether oxygens (including phenoxy) is 3. The zero-order chi connectivity index (χ0) is 9.60. The summed E-state index contributed by atoms with van der Waals surface area (Å²) in [7, 11) is 0. The molecule has 0 aromatic carbocycles. The Morgan fingerprint density at radius 2 is 2.21 bits per heavy atom. The third-order valence-corrected chi connectivity index (χ3v) is 3.38. The highest BCUT2D eigenvalue weighted by Crippen LogP contribution is 2.44. The van der Waals surface area contributed by atoms with Crippen molar-refractivity contribution in [1.82, 2.24) is 0 Å². The molecule has 2 bridgehead atoms. The van der Waals surface area contributed by atoms with Gasteiger partial charge in [-0.3, -0.25) is 4.79 Å². The van der Waals surface area contributed by atoms with Crippen LogP contribution in [-0.4, -0.2) is 31.1 Å². The number of carbonyl (C=O) groups excluding carboxylic acids is 1. The molecule has 1 spiro atoms. The van der Waals surface area contributed by atoms with E-state index in [1.54, 1.807) is 0 Å². The van der Waals surface area contributed by atoms with Crippen molar-refractivity contribution in [3.8, 4) is 0 Å². The van der Waals surface area contributed by atoms with Gasteiger partial charge in [0.05, 0.1) is 13.2 Å². The fourth-order valence-electron chi connectivity index (χ4n) is 2.63. The largest absolute Gasteiger partial charge is 0.460 e. The average molecular weight is 198 g/mol. The van der Waals surface area contributed by atoms with Crippen LogP contribution in [0.3, 0.4) is 0 Å². The van der Waals surface area contributed by atoms with Gasteiger partial charge in [-0.05, 0) is 12.8 Å². The third-order valence-electron chi connectivity index (χ3n) is 3.38. The summed E-state index contributed by atoms with van der Waals surface area (Å²) in [6.07, 6.45) is 3.73. The van der Waals surface area contributed by atoms with Gasteiger partial charge in [0.1, 0.15) is 12.0 Å². The summed E-state index contributed by atoms with van der Waals surface area (Å²) in [5.41, 5.74) is 0. The molecule has 4 nitrogen and oxygen atoms in total. The highest BCUT2D eigenvalue weighted by molar-refractivity contribution is 5.76. The van der Waals surface area contributed by atoms with Crippen LogP contribution in [0.2, 0.25) is 0 Å². The normalized spacial score (nSPS) is 46.7. The van der Waals surface area contributed by atoms with Gasteiger partial charge in [0, 0.05) is 12.8 Å². The predicted molar refractivity (Wildman–Crippen MR) is 46.5 cm³/mol. The number of fused-ring (bicyclic) bond motifs is 3. The molecule has 3 rings (SSSR count). The van der Waals surface area contributed by atoms with Crippen molar-refractivity contribution in [2.45, 2.75) is 37.6 Å². The van der Waals surface area contributed by atoms with Gasteiger partial charge in [0.25, 0.3) is 0 Å². The van der Waals surface area contributed by atoms with Crippen LogP contribution in [0.1, 0.15) is 25.7 Å². The van der Waals surface area contributed by atoms with E-state index in [-0.39, 0.29) is 18.0 Å². The Bertz CT molecular complexity index is 257. The van der Waals surface area contributed by atoms with E-state index >= 15 is 0 Å². The van der Waals surface area contributed by atoms with Crippen LogP contribution in [0.25, 0.3) is 0 Å². The van der Waals surface area contributed by atoms with Gasteiger partial charge in [-0.25, -0.2) is 0 Å². The SMILES string of the molecule is O=C1OC2COC3(CCCCO3)C1C2. The molecule has 3 saturated heterocycles. The Labute approximate surface area is 82.5 Å². The summed E-state index contributed by atoms with van der Waals surface area (Å²) in [6, 6.07) is 0. The lowest BCUT2D eigenvalue weighted by molar-refractivity contribution is -0.290. The topological polar surface area (TPSA) is 44.8 Å². The first-order valence-corrected chi connectivity index (χ1v) is 5.29. The van der Waals surface area contributed by atoms with Gasteiger partial charge < -0.3 is 14.2 Å². The second-order valence-electron chi connectivity index (χ2n) is 4.28. The van der Waals surface area contributed by atoms with E-state index in [4.69, 9.17) is 14.2 Å². The molecule has 0 aromatic heterocycles. The van der Waals surface area contributed by atoms with E-state index < -0.39 is 5.79 Å². The second-order valence-corrected chi connectivity index (χ2v) is 4.28. The Kier molecular flexibility index (Phi) is 1.82. The van der Waals surface area contributed by atoms with Crippen molar-refractivity contribution >= 4 is 5.97 Å². The summed E-state index contributed by atoms with van der Waals surface area (Å²) < 4.78 is 16.5. The van der Waals surface area contributed by atoms with E-state index in [1.165, 1.54) is 0 Å². The van der Waals surface area contributed by atoms with Gasteiger partial charge in [0.15, 0.2) is 5.79 Å². The molecule has 3 heterocycles. The Balaban J connectivity index is 1.87. The Hall–Kier alpha value is -0.610. The minimum atomic E-state index is -0.637. The molecule has 3 atom stereocenters. The molecule has 3 aliphatic heterocycles. The molecule has 0 radical (unpaired) electrons. The maximum Gasteiger partial charge on any atom is 0.314 e. The van der Waals surface area contributed by atoms with E-state index in [0.29, 0.717) is 13.2 Å². The highest BCUT2D eigenvalue weighted by atomic mass is 16.7. The van der Waals surface area contributed by atoms with Crippen molar-refractivity contribution in [3.05, 3.63) is 0 Å². The zero-order valence-electron chi connectivity index (χ0n) is 8.03. The summed E-state index contributed by atoms with van der Waals surface area (Å²) in [5.74, 6) is -0.946. The lowest BCUT2D eigenvalue weighted by atomic mass is 9.87. The van der Waals surface area contributed by atoms with Gasteiger partial charge >= 0.3 is 5.97 Å². The maximum atomic E-state index is 11.5. The zero-order valence-corrected chi connectivity index (χ0v) is 8.03. The quantitative estimate of drug-likeness (QED) is 0.541. The predicted octanol–water partition coefficient (Wildman–Crippen LogP) is 0.845. The smallest absolute Gasteiger partial charge is 0.314 e. The van der Waals surface area contributed by atoms with Gasteiger partial charge in [-0.2, -0.15) is 0 Å². The summed E-state index contributed by atoms with van der Waals surface area (Å²) in [4.78, 5) is 11.5. The molecular weight excluding hydrogens is 184 g/mol. The van der Waals surface area contributed by atoms with Crippen LogP contribution in [0.4, 0.5) is 0 Å². The number of hydrogen-bond acceptors (Lipinski definition) is 4. The minimum absolute atomic E-state index is 0.0244. The van der Waals surface area contributed by atoms with E-state index in [1.807, 2.05) is 0 Å². The first-order chi connectivity index (χ1) is 6.80. The molecule has 3 aliphatic rings. The number of rotatable bonds is 0. The molecule has 0 saturated carbocycles. The maximum absolute atomic E-state index is 11.5. The number of esters is 1. The van der Waals surface area contributed by atoms with Crippen LogP contribution < -0.4 is 0 Å². The third kappa shape index (κ3) is 1.10. The molecule has 0 N–H and O–H groups in total. The van der Waals surface area contributed by atoms with E-state index in [9.17, 15) is 4.79 Å². The fraction of sp³-hybridized carbons (Fsp3) is 0.900. The van der Waals surface area contributed by atoms with E-state index in [0.717, 1.165) is 25.7 Å². The fourth-order valence-corrected chi connectivity index (χ4v) is 2.63. The molecule has 0 aliphatic carbocycles. The van der Waals surface area contributed by atoms with Crippen LogP contribution in [0.15, 0.2) is 0 Å². The van der Waals surface area contributed by atoms with Crippen molar-refractivity contribution < 1.29 is 19.0 Å². The molecular formula is C10H14O4. The van der Waals surface area contributed by atoms with Crippen LogP contribution >= 0.6 is 0 Å². The van der Waals surface area contributed by atoms with Crippen LogP contribution in [0.5, 0.6) is 0 Å². The summed E-state index contributed by atoms with van der Waals surface area (Å²) >= 11 is 0. The lowest BCUT2D eigenvalue weighted by Gasteiger charge is -2.41. The van der Waals surface area contributed by atoms with Gasteiger partial charge in [-0.15, -0.1) is 0 Å². The highest BCUT2D eigenvalue weighted by Gasteiger charge is 2.56. The molecule has 0 aromatic rings. The van der Waals surface area contributed by atoms with Crippen molar-refractivity contribution in [1.29, 1.82) is 0 Å². The van der Waals surface area contributed by atoms with Crippen LogP contribution in [-0.2, 0) is 19.0 Å². The van der Waals surface area contributed by atoms with Crippen molar-refractivity contribution in [2.24, 2.45) is 5.92 Å². The molecule has 3 fully saturated rings. The first-order valence-electron chi connectivity index (χ1n) is 5.29. The molecule has 78 valence electrons. The van der Waals surface area contributed by atoms with Gasteiger partial charge in [0.2, 0.25) is 0 Å². The standard InChI is InChI=1S/C10H14O4/c11-9-8-5-7(14-9)6-13-10(8)3-1-2-4-12-10/h7-8H,1-6H2. The number of hydrogen-bond donors (Lipinski definition) is 0. The van der Waals surface area contributed by atoms with E-state index in [2.05, 4.69) is 0 Å².